The molecule has 0 saturated heterocycles. The van der Waals surface area contributed by atoms with E-state index in [-0.39, 0.29) is 5.91 Å². The minimum Gasteiger partial charge on any atom is -0.330 e. The Morgan fingerprint density at radius 3 is 2.54 bits per heavy atom. The summed E-state index contributed by atoms with van der Waals surface area (Å²) in [5.41, 5.74) is 2.89. The predicted octanol–water partition coefficient (Wildman–Crippen LogP) is 2.61. The Morgan fingerprint density at radius 1 is 1.46 bits per heavy atom. The minimum absolute atomic E-state index is 0.0501. The SMILES string of the molecule is CC(=O)NC1=C(C)CC(C)(C)CC1. The van der Waals surface area contributed by atoms with Crippen molar-refractivity contribution in [1.82, 2.24) is 5.32 Å². The van der Waals surface area contributed by atoms with Crippen LogP contribution in [-0.2, 0) is 4.79 Å². The van der Waals surface area contributed by atoms with Gasteiger partial charge in [0.25, 0.3) is 0 Å². The molecule has 0 atom stereocenters. The first-order valence-electron chi connectivity index (χ1n) is 4.87. The first-order chi connectivity index (χ1) is 5.91. The Labute approximate surface area is 80.4 Å². The topological polar surface area (TPSA) is 29.1 Å². The van der Waals surface area contributed by atoms with Crippen molar-refractivity contribution in [3.63, 3.8) is 0 Å². The van der Waals surface area contributed by atoms with E-state index in [0.29, 0.717) is 5.41 Å². The lowest BCUT2D eigenvalue weighted by atomic mass is 9.76. The molecule has 1 aliphatic rings. The lowest BCUT2D eigenvalue weighted by Crippen LogP contribution is -2.27. The first-order valence-corrected chi connectivity index (χ1v) is 4.87. The van der Waals surface area contributed by atoms with Gasteiger partial charge in [-0.2, -0.15) is 0 Å². The molecule has 2 heteroatoms. The van der Waals surface area contributed by atoms with Gasteiger partial charge >= 0.3 is 0 Å². The van der Waals surface area contributed by atoms with Crippen LogP contribution >= 0.6 is 0 Å². The summed E-state index contributed by atoms with van der Waals surface area (Å²) in [6.07, 6.45) is 3.28. The zero-order valence-electron chi connectivity index (χ0n) is 9.03. The van der Waals surface area contributed by atoms with Crippen LogP contribution in [0.3, 0.4) is 0 Å². The molecule has 1 rings (SSSR count). The fourth-order valence-electron chi connectivity index (χ4n) is 1.97. The van der Waals surface area contributed by atoms with Crippen LogP contribution in [0.15, 0.2) is 11.3 Å². The summed E-state index contributed by atoms with van der Waals surface area (Å²) in [6.45, 7) is 8.24. The molecule has 0 aromatic carbocycles. The molecule has 2 nitrogen and oxygen atoms in total. The van der Waals surface area contributed by atoms with Gasteiger partial charge in [0.2, 0.25) is 5.91 Å². The summed E-state index contributed by atoms with van der Waals surface area (Å²) in [5.74, 6) is 0.0501. The van der Waals surface area contributed by atoms with Crippen molar-refractivity contribution in [2.24, 2.45) is 5.41 Å². The van der Waals surface area contributed by atoms with Gasteiger partial charge in [0.1, 0.15) is 0 Å². The monoisotopic (exact) mass is 181 g/mol. The number of carbonyl (C=O) groups is 1. The maximum absolute atomic E-state index is 10.9. The van der Waals surface area contributed by atoms with Gasteiger partial charge in [-0.05, 0) is 31.6 Å². The lowest BCUT2D eigenvalue weighted by molar-refractivity contribution is -0.118. The summed E-state index contributed by atoms with van der Waals surface area (Å²) < 4.78 is 0. The Hall–Kier alpha value is -0.790. The smallest absolute Gasteiger partial charge is 0.220 e. The number of allylic oxidation sites excluding steroid dienone is 2. The predicted molar refractivity (Wildman–Crippen MR) is 54.1 cm³/mol. The maximum atomic E-state index is 10.9. The highest BCUT2D eigenvalue weighted by atomic mass is 16.1. The van der Waals surface area contributed by atoms with E-state index in [2.05, 4.69) is 26.1 Å². The standard InChI is InChI=1S/C11H19NO/c1-8-7-11(3,4)6-5-10(8)12-9(2)13/h5-7H2,1-4H3,(H,12,13). The zero-order chi connectivity index (χ0) is 10.1. The second-order valence-corrected chi connectivity index (χ2v) is 4.78. The van der Waals surface area contributed by atoms with Gasteiger partial charge in [0, 0.05) is 12.6 Å². The molecule has 1 amide bonds. The average molecular weight is 181 g/mol. The van der Waals surface area contributed by atoms with Crippen molar-refractivity contribution in [2.45, 2.75) is 47.0 Å². The third-order valence-corrected chi connectivity index (χ3v) is 2.64. The fourth-order valence-corrected chi connectivity index (χ4v) is 1.97. The second-order valence-electron chi connectivity index (χ2n) is 4.78. The Kier molecular flexibility index (Phi) is 2.79. The van der Waals surface area contributed by atoms with Gasteiger partial charge in [0.15, 0.2) is 0 Å². The van der Waals surface area contributed by atoms with E-state index in [0.717, 1.165) is 18.5 Å². The summed E-state index contributed by atoms with van der Waals surface area (Å²) in [6, 6.07) is 0. The van der Waals surface area contributed by atoms with Crippen molar-refractivity contribution in [3.05, 3.63) is 11.3 Å². The van der Waals surface area contributed by atoms with Gasteiger partial charge < -0.3 is 5.32 Å². The number of hydrogen-bond acceptors (Lipinski definition) is 1. The lowest BCUT2D eigenvalue weighted by Gasteiger charge is -2.31. The number of carbonyl (C=O) groups excluding carboxylic acids is 1. The summed E-state index contributed by atoms with van der Waals surface area (Å²) in [4.78, 5) is 10.9. The molecule has 1 aliphatic carbocycles. The molecular formula is C11H19NO. The molecule has 0 aromatic heterocycles. The van der Waals surface area contributed by atoms with Crippen LogP contribution in [0.1, 0.15) is 47.0 Å². The van der Waals surface area contributed by atoms with Crippen LogP contribution < -0.4 is 5.32 Å². The highest BCUT2D eigenvalue weighted by Gasteiger charge is 2.25. The molecule has 0 saturated carbocycles. The van der Waals surface area contributed by atoms with Crippen molar-refractivity contribution in [2.75, 3.05) is 0 Å². The van der Waals surface area contributed by atoms with Crippen LogP contribution in [0.25, 0.3) is 0 Å². The Bertz CT molecular complexity index is 251. The molecule has 0 bridgehead atoms. The zero-order valence-corrected chi connectivity index (χ0v) is 9.03. The van der Waals surface area contributed by atoms with E-state index in [1.165, 1.54) is 12.0 Å². The van der Waals surface area contributed by atoms with Crippen LogP contribution in [0, 0.1) is 5.41 Å². The molecule has 0 radical (unpaired) electrons. The van der Waals surface area contributed by atoms with Gasteiger partial charge in [-0.25, -0.2) is 0 Å². The van der Waals surface area contributed by atoms with E-state index in [9.17, 15) is 4.79 Å². The Balaban J connectivity index is 2.71. The van der Waals surface area contributed by atoms with Gasteiger partial charge in [-0.1, -0.05) is 19.4 Å². The average Bonchev–Trinajstić information content (AvgIpc) is 1.93. The number of amides is 1. The highest BCUT2D eigenvalue weighted by Crippen LogP contribution is 2.37. The third-order valence-electron chi connectivity index (χ3n) is 2.64. The van der Waals surface area contributed by atoms with E-state index >= 15 is 0 Å². The summed E-state index contributed by atoms with van der Waals surface area (Å²) in [5, 5.41) is 2.91. The van der Waals surface area contributed by atoms with E-state index in [4.69, 9.17) is 0 Å². The second kappa shape index (κ2) is 3.52. The first kappa shape index (κ1) is 10.3. The van der Waals surface area contributed by atoms with Crippen molar-refractivity contribution in [3.8, 4) is 0 Å². The fraction of sp³-hybridized carbons (Fsp3) is 0.727. The van der Waals surface area contributed by atoms with Gasteiger partial charge in [0.05, 0.1) is 0 Å². The molecule has 0 unspecified atom stereocenters. The third kappa shape index (κ3) is 2.87. The number of rotatable bonds is 1. The van der Waals surface area contributed by atoms with E-state index in [1.54, 1.807) is 6.92 Å². The van der Waals surface area contributed by atoms with E-state index in [1.807, 2.05) is 0 Å². The van der Waals surface area contributed by atoms with Gasteiger partial charge in [-0.15, -0.1) is 0 Å². The van der Waals surface area contributed by atoms with Crippen molar-refractivity contribution in [1.29, 1.82) is 0 Å². The maximum Gasteiger partial charge on any atom is 0.220 e. The van der Waals surface area contributed by atoms with Crippen molar-refractivity contribution < 1.29 is 4.79 Å². The highest BCUT2D eigenvalue weighted by molar-refractivity contribution is 5.75. The largest absolute Gasteiger partial charge is 0.330 e. The quantitative estimate of drug-likeness (QED) is 0.662. The number of nitrogens with one attached hydrogen (secondary N) is 1. The Morgan fingerprint density at radius 2 is 2.08 bits per heavy atom. The normalized spacial score (nSPS) is 21.5. The summed E-state index contributed by atoms with van der Waals surface area (Å²) in [7, 11) is 0. The van der Waals surface area contributed by atoms with Gasteiger partial charge in [-0.3, -0.25) is 4.79 Å². The molecule has 74 valence electrons. The molecule has 0 aliphatic heterocycles. The minimum atomic E-state index is 0.0501. The molecule has 0 fully saturated rings. The molecule has 13 heavy (non-hydrogen) atoms. The summed E-state index contributed by atoms with van der Waals surface area (Å²) >= 11 is 0. The molecular weight excluding hydrogens is 162 g/mol. The van der Waals surface area contributed by atoms with Crippen LogP contribution in [-0.4, -0.2) is 5.91 Å². The van der Waals surface area contributed by atoms with Crippen molar-refractivity contribution >= 4 is 5.91 Å². The molecule has 0 heterocycles. The van der Waals surface area contributed by atoms with Crippen LogP contribution in [0.4, 0.5) is 0 Å². The van der Waals surface area contributed by atoms with E-state index < -0.39 is 0 Å². The number of hydrogen-bond donors (Lipinski definition) is 1. The molecule has 1 N–H and O–H groups in total. The van der Waals surface area contributed by atoms with Crippen LogP contribution in [0.5, 0.6) is 0 Å². The molecule has 0 aromatic rings. The van der Waals surface area contributed by atoms with Crippen LogP contribution in [0.2, 0.25) is 0 Å². The molecule has 0 spiro atoms.